The lowest BCUT2D eigenvalue weighted by molar-refractivity contribution is 0.0967. The Hall–Kier alpha value is -3.27. The minimum atomic E-state index is -4.02. The summed E-state index contributed by atoms with van der Waals surface area (Å²) in [4.78, 5) is 19.8. The van der Waals surface area contributed by atoms with Crippen LogP contribution in [0.4, 0.5) is 15.8 Å². The van der Waals surface area contributed by atoms with Gasteiger partial charge in [0.2, 0.25) is 0 Å². The summed E-state index contributed by atoms with van der Waals surface area (Å²) in [6.07, 6.45) is 2.36. The quantitative estimate of drug-likeness (QED) is 0.327. The number of hydrogen-bond acceptors (Lipinski definition) is 6. The summed E-state index contributed by atoms with van der Waals surface area (Å²) in [5, 5.41) is 0. The van der Waals surface area contributed by atoms with E-state index in [1.165, 1.54) is 41.6 Å². The molecule has 3 aliphatic rings. The third kappa shape index (κ3) is 5.92. The van der Waals surface area contributed by atoms with Crippen LogP contribution in [-0.2, 0) is 10.1 Å². The second-order valence-electron chi connectivity index (χ2n) is 10.9. The van der Waals surface area contributed by atoms with Crippen LogP contribution in [0.1, 0.15) is 46.7 Å². The maximum atomic E-state index is 13.8. The molecule has 0 amide bonds. The molecule has 1 fully saturated rings. The lowest BCUT2D eigenvalue weighted by Crippen LogP contribution is -2.49. The molecule has 0 aromatic heterocycles. The van der Waals surface area contributed by atoms with E-state index >= 15 is 0 Å². The number of hydrogen-bond donors (Lipinski definition) is 1. The van der Waals surface area contributed by atoms with E-state index in [4.69, 9.17) is 4.55 Å². The van der Waals surface area contributed by atoms with E-state index in [-0.39, 0.29) is 16.2 Å². The van der Waals surface area contributed by atoms with E-state index in [0.29, 0.717) is 18.4 Å². The summed E-state index contributed by atoms with van der Waals surface area (Å²) < 4.78 is 43.4. The van der Waals surface area contributed by atoms with Crippen molar-refractivity contribution in [2.75, 3.05) is 49.6 Å². The summed E-state index contributed by atoms with van der Waals surface area (Å²) in [6.45, 7) is 7.06. The molecule has 1 N–H and O–H groups in total. The Balaban J connectivity index is 0.000000248. The largest absolute Gasteiger partial charge is 0.371 e. The van der Waals surface area contributed by atoms with Crippen molar-refractivity contribution in [1.82, 2.24) is 4.90 Å². The van der Waals surface area contributed by atoms with Gasteiger partial charge in [-0.3, -0.25) is 9.35 Å². The Labute approximate surface area is 236 Å². The molecule has 2 atom stereocenters. The molecule has 9 heteroatoms. The zero-order chi connectivity index (χ0) is 28.4. The number of rotatable bonds is 6. The van der Waals surface area contributed by atoms with E-state index in [9.17, 15) is 17.6 Å². The van der Waals surface area contributed by atoms with Crippen molar-refractivity contribution in [3.05, 3.63) is 89.2 Å². The first-order valence-electron chi connectivity index (χ1n) is 13.8. The average Bonchev–Trinajstić information content (AvgIpc) is 3.25. The number of halogens is 1. The highest BCUT2D eigenvalue weighted by atomic mass is 32.2. The third-order valence-electron chi connectivity index (χ3n) is 8.25. The molecule has 0 radical (unpaired) electrons. The molecule has 3 aromatic carbocycles. The van der Waals surface area contributed by atoms with Crippen molar-refractivity contribution in [3.8, 4) is 0 Å². The van der Waals surface area contributed by atoms with Crippen LogP contribution in [0.3, 0.4) is 0 Å². The number of para-hydroxylation sites is 1. The third-order valence-corrected chi connectivity index (χ3v) is 9.12. The van der Waals surface area contributed by atoms with Gasteiger partial charge in [0, 0.05) is 51.6 Å². The zero-order valence-electron chi connectivity index (χ0n) is 23.0. The fraction of sp³-hybridized carbons (Fsp3) is 0.387. The number of anilines is 2. The highest BCUT2D eigenvalue weighted by Crippen LogP contribution is 2.50. The van der Waals surface area contributed by atoms with Gasteiger partial charge in [0.15, 0.2) is 5.78 Å². The number of benzene rings is 3. The summed E-state index contributed by atoms with van der Waals surface area (Å²) >= 11 is 0. The summed E-state index contributed by atoms with van der Waals surface area (Å²) in [7, 11) is -1.83. The molecule has 212 valence electrons. The number of aryl methyl sites for hydroxylation is 1. The minimum absolute atomic E-state index is 0.0666. The van der Waals surface area contributed by atoms with Crippen molar-refractivity contribution < 1.29 is 22.2 Å². The van der Waals surface area contributed by atoms with Crippen LogP contribution >= 0.6 is 0 Å². The number of ketones is 1. The first-order valence-corrected chi connectivity index (χ1v) is 15.2. The van der Waals surface area contributed by atoms with Crippen LogP contribution in [0, 0.1) is 12.7 Å². The van der Waals surface area contributed by atoms with E-state index < -0.39 is 15.9 Å². The topological polar surface area (TPSA) is 81.2 Å². The van der Waals surface area contributed by atoms with E-state index in [2.05, 4.69) is 39.9 Å². The molecule has 40 heavy (non-hydrogen) atoms. The molecular weight excluding hydrogens is 529 g/mol. The summed E-state index contributed by atoms with van der Waals surface area (Å²) in [5.74, 6) is 0.0497. The number of carbonyl (C=O) groups excluding carboxylic acids is 1. The molecule has 0 bridgehead atoms. The molecule has 6 rings (SSSR count). The predicted octanol–water partition coefficient (Wildman–Crippen LogP) is 5.16. The molecule has 3 aromatic rings. The monoisotopic (exact) mass is 565 g/mol. The molecule has 0 spiro atoms. The van der Waals surface area contributed by atoms with E-state index in [1.54, 1.807) is 30.3 Å². The molecule has 0 unspecified atom stereocenters. The molecule has 3 aliphatic heterocycles. The van der Waals surface area contributed by atoms with Crippen LogP contribution in [0.5, 0.6) is 0 Å². The van der Waals surface area contributed by atoms with Crippen molar-refractivity contribution in [3.63, 3.8) is 0 Å². The normalized spacial score (nSPS) is 19.9. The Morgan fingerprint density at radius 2 is 1.75 bits per heavy atom. The van der Waals surface area contributed by atoms with Gasteiger partial charge < -0.3 is 14.7 Å². The van der Waals surface area contributed by atoms with Gasteiger partial charge in [0.25, 0.3) is 10.1 Å². The van der Waals surface area contributed by atoms with Crippen molar-refractivity contribution in [1.29, 1.82) is 0 Å². The number of fused-ring (bicyclic) bond motifs is 3. The van der Waals surface area contributed by atoms with Gasteiger partial charge in [-0.25, -0.2) is 4.39 Å². The Bertz CT molecular complexity index is 1480. The van der Waals surface area contributed by atoms with Gasteiger partial charge in [-0.15, -0.1) is 0 Å². The summed E-state index contributed by atoms with van der Waals surface area (Å²) in [6, 6.07) is 19.6. The van der Waals surface area contributed by atoms with Crippen LogP contribution in [0.25, 0.3) is 0 Å². The SMILES string of the molecule is CN1CCN2c3c(cccc31)[C@@H]1CN(CCCC(=O)c3ccccc3F)CC[C@@H]12.Cc1ccc(S(=O)(=O)O)cc1. The smallest absolute Gasteiger partial charge is 0.294 e. The summed E-state index contributed by atoms with van der Waals surface area (Å²) in [5.41, 5.74) is 5.49. The molecule has 3 heterocycles. The van der Waals surface area contributed by atoms with Crippen LogP contribution in [0.15, 0.2) is 71.6 Å². The van der Waals surface area contributed by atoms with Crippen molar-refractivity contribution >= 4 is 27.3 Å². The van der Waals surface area contributed by atoms with Crippen LogP contribution in [-0.4, -0.2) is 69.5 Å². The number of Topliss-reactive ketones (excluding diaryl/α,β-unsaturated/α-hetero) is 1. The fourth-order valence-electron chi connectivity index (χ4n) is 6.17. The van der Waals surface area contributed by atoms with Gasteiger partial charge in [-0.2, -0.15) is 8.42 Å². The standard InChI is InChI=1S/C24H28FN3O.C7H8O3S/c1-26-14-15-28-21-11-13-27(16-19(21)17-7-4-9-22(26)24(17)28)12-5-10-23(29)18-6-2-3-8-20(18)25;1-6-2-4-7(5-3-6)11(8,9)10/h2-4,6-9,19,21H,5,10-16H2,1H3;2-5H,1H3,(H,8,9,10)/t19-,21-;/m0./s1. The predicted molar refractivity (Wildman–Crippen MR) is 156 cm³/mol. The van der Waals surface area contributed by atoms with Gasteiger partial charge in [0.1, 0.15) is 5.82 Å². The minimum Gasteiger partial charge on any atom is -0.371 e. The fourth-order valence-corrected chi connectivity index (χ4v) is 6.65. The average molecular weight is 566 g/mol. The second kappa shape index (κ2) is 11.7. The van der Waals surface area contributed by atoms with Crippen molar-refractivity contribution in [2.45, 2.75) is 43.0 Å². The molecule has 1 saturated heterocycles. The first-order chi connectivity index (χ1) is 19.1. The molecule has 7 nitrogen and oxygen atoms in total. The van der Waals surface area contributed by atoms with Crippen LogP contribution in [0.2, 0.25) is 0 Å². The maximum Gasteiger partial charge on any atom is 0.294 e. The Morgan fingerprint density at radius 3 is 2.48 bits per heavy atom. The highest BCUT2D eigenvalue weighted by molar-refractivity contribution is 7.85. The Morgan fingerprint density at radius 1 is 1.00 bits per heavy atom. The zero-order valence-corrected chi connectivity index (χ0v) is 23.8. The number of likely N-dealkylation sites (N-methyl/N-ethyl adjacent to an activating group) is 1. The number of carbonyl (C=O) groups is 1. The lowest BCUT2D eigenvalue weighted by Gasteiger charge is -2.41. The van der Waals surface area contributed by atoms with Crippen LogP contribution < -0.4 is 9.80 Å². The van der Waals surface area contributed by atoms with E-state index in [0.717, 1.165) is 44.7 Å². The Kier molecular flexibility index (Phi) is 8.26. The van der Waals surface area contributed by atoms with Gasteiger partial charge in [-0.1, -0.05) is 42.0 Å². The van der Waals surface area contributed by atoms with Gasteiger partial charge >= 0.3 is 0 Å². The number of likely N-dealkylation sites (tertiary alicyclic amines) is 1. The van der Waals surface area contributed by atoms with Gasteiger partial charge in [0.05, 0.1) is 21.8 Å². The first kappa shape index (κ1) is 28.3. The molecule has 0 aliphatic carbocycles. The number of nitrogens with zero attached hydrogens (tertiary/aromatic N) is 3. The van der Waals surface area contributed by atoms with Gasteiger partial charge in [-0.05, 0) is 62.2 Å². The molecule has 0 saturated carbocycles. The molecular formula is C31H36FN3O4S. The lowest BCUT2D eigenvalue weighted by atomic mass is 9.89. The second-order valence-corrected chi connectivity index (χ2v) is 12.3. The number of piperidine rings is 1. The highest BCUT2D eigenvalue weighted by Gasteiger charge is 2.44. The van der Waals surface area contributed by atoms with E-state index in [1.807, 2.05) is 6.92 Å². The van der Waals surface area contributed by atoms with Crippen molar-refractivity contribution in [2.24, 2.45) is 0 Å². The maximum absolute atomic E-state index is 13.8.